The van der Waals surface area contributed by atoms with Gasteiger partial charge in [-0.3, -0.25) is 19.4 Å². The van der Waals surface area contributed by atoms with Crippen LogP contribution in [-0.4, -0.2) is 27.4 Å². The fourth-order valence-electron chi connectivity index (χ4n) is 4.58. The Labute approximate surface area is 211 Å². The van der Waals surface area contributed by atoms with Gasteiger partial charge in [0.05, 0.1) is 6.54 Å². The van der Waals surface area contributed by atoms with Gasteiger partial charge in [-0.15, -0.1) is 0 Å². The lowest BCUT2D eigenvalue weighted by molar-refractivity contribution is 0.0928. The molecule has 0 spiro atoms. The zero-order valence-corrected chi connectivity index (χ0v) is 20.8. The number of pyridine rings is 2. The lowest BCUT2D eigenvalue weighted by Crippen LogP contribution is -2.40. The maximum Gasteiger partial charge on any atom is 0.257 e. The second-order valence-electron chi connectivity index (χ2n) is 9.43. The Kier molecular flexibility index (Phi) is 8.71. The maximum atomic E-state index is 13.3. The summed E-state index contributed by atoms with van der Waals surface area (Å²) in [6.07, 6.45) is 12.9. The van der Waals surface area contributed by atoms with Crippen molar-refractivity contribution in [3.8, 4) is 0 Å². The van der Waals surface area contributed by atoms with Crippen molar-refractivity contribution >= 4 is 11.8 Å². The van der Waals surface area contributed by atoms with Crippen molar-refractivity contribution in [1.29, 1.82) is 0 Å². The molecule has 1 saturated carbocycles. The molecule has 3 aromatic rings. The van der Waals surface area contributed by atoms with Gasteiger partial charge in [0.2, 0.25) is 5.43 Å². The average molecular weight is 491 g/mol. The quantitative estimate of drug-likeness (QED) is 0.493. The number of amides is 2. The smallest absolute Gasteiger partial charge is 0.257 e. The van der Waals surface area contributed by atoms with Gasteiger partial charge in [0.25, 0.3) is 11.8 Å². The molecule has 36 heavy (non-hydrogen) atoms. The molecular weight excluding hydrogens is 456 g/mol. The van der Waals surface area contributed by atoms with Crippen LogP contribution in [0.3, 0.4) is 0 Å². The van der Waals surface area contributed by atoms with Gasteiger partial charge in [-0.2, -0.15) is 0 Å². The molecule has 8 heteroatoms. The standard InChI is InChI=1S/C28H34N4O4/c1-20-12-13-23(36-20)17-30-27(34)24-18-32(16-14-21-9-7-8-15-29-21)19-25(26(24)33)28(35)31-22-10-5-3-2-4-6-11-22/h7-9,12-13,15,18-19,22H,2-6,10-11,14,16-17H2,1H3,(H,30,34)(H,31,35). The zero-order chi connectivity index (χ0) is 25.3. The van der Waals surface area contributed by atoms with Gasteiger partial charge in [0.15, 0.2) is 0 Å². The average Bonchev–Trinajstić information content (AvgIpc) is 3.29. The minimum Gasteiger partial charge on any atom is -0.465 e. The summed E-state index contributed by atoms with van der Waals surface area (Å²) < 4.78 is 7.24. The molecule has 1 aliphatic carbocycles. The van der Waals surface area contributed by atoms with Gasteiger partial charge in [-0.1, -0.05) is 38.2 Å². The minimum absolute atomic E-state index is 0.0143. The highest BCUT2D eigenvalue weighted by Gasteiger charge is 2.22. The second kappa shape index (κ2) is 12.3. The summed E-state index contributed by atoms with van der Waals surface area (Å²) in [4.78, 5) is 43.9. The number of hydrogen-bond donors (Lipinski definition) is 2. The van der Waals surface area contributed by atoms with E-state index in [4.69, 9.17) is 4.42 Å². The normalized spacial score (nSPS) is 14.6. The predicted molar refractivity (Wildman–Crippen MR) is 137 cm³/mol. The highest BCUT2D eigenvalue weighted by molar-refractivity contribution is 5.99. The Morgan fingerprint density at radius 1 is 1.00 bits per heavy atom. The van der Waals surface area contributed by atoms with Crippen LogP contribution in [0.1, 0.15) is 82.9 Å². The first kappa shape index (κ1) is 25.4. The van der Waals surface area contributed by atoms with Gasteiger partial charge in [0.1, 0.15) is 22.6 Å². The number of carbonyl (C=O) groups excluding carboxylic acids is 2. The van der Waals surface area contributed by atoms with Crippen molar-refractivity contribution in [3.63, 3.8) is 0 Å². The third kappa shape index (κ3) is 6.93. The molecule has 3 aromatic heterocycles. The Hall–Kier alpha value is -3.68. The number of hydrogen-bond acceptors (Lipinski definition) is 5. The van der Waals surface area contributed by atoms with Gasteiger partial charge >= 0.3 is 0 Å². The molecule has 0 aromatic carbocycles. The molecule has 1 aliphatic rings. The molecule has 0 atom stereocenters. The van der Waals surface area contributed by atoms with Crippen molar-refractivity contribution in [3.05, 3.63) is 87.5 Å². The Morgan fingerprint density at radius 3 is 2.39 bits per heavy atom. The number of carbonyl (C=O) groups is 2. The van der Waals surface area contributed by atoms with Gasteiger partial charge < -0.3 is 19.6 Å². The minimum atomic E-state index is -0.569. The summed E-state index contributed by atoms with van der Waals surface area (Å²) >= 11 is 0. The van der Waals surface area contributed by atoms with E-state index in [-0.39, 0.29) is 23.7 Å². The van der Waals surface area contributed by atoms with Crippen LogP contribution in [0.4, 0.5) is 0 Å². The highest BCUT2D eigenvalue weighted by atomic mass is 16.3. The summed E-state index contributed by atoms with van der Waals surface area (Å²) in [5.74, 6) is 0.369. The fraction of sp³-hybridized carbons (Fsp3) is 0.429. The topological polar surface area (TPSA) is 106 Å². The highest BCUT2D eigenvalue weighted by Crippen LogP contribution is 2.17. The third-order valence-electron chi connectivity index (χ3n) is 6.58. The SMILES string of the molecule is Cc1ccc(CNC(=O)c2cn(CCc3ccccn3)cc(C(=O)NC3CCCCCCC3)c2=O)o1. The van der Waals surface area contributed by atoms with E-state index in [0.29, 0.717) is 18.7 Å². The molecule has 0 saturated heterocycles. The molecule has 8 nitrogen and oxygen atoms in total. The van der Waals surface area contributed by atoms with E-state index in [9.17, 15) is 14.4 Å². The van der Waals surface area contributed by atoms with Crippen molar-refractivity contribution in [2.45, 2.75) is 77.4 Å². The Balaban J connectivity index is 1.56. The molecule has 190 valence electrons. The van der Waals surface area contributed by atoms with E-state index < -0.39 is 17.2 Å². The number of aromatic nitrogens is 2. The first-order chi connectivity index (χ1) is 17.5. The molecular formula is C28H34N4O4. The van der Waals surface area contributed by atoms with E-state index in [0.717, 1.165) is 50.0 Å². The first-order valence-corrected chi connectivity index (χ1v) is 12.8. The maximum absolute atomic E-state index is 13.3. The van der Waals surface area contributed by atoms with Crippen LogP contribution in [-0.2, 0) is 19.5 Å². The van der Waals surface area contributed by atoms with Crippen molar-refractivity contribution < 1.29 is 14.0 Å². The van der Waals surface area contributed by atoms with E-state index in [1.165, 1.54) is 12.6 Å². The molecule has 2 amide bonds. The lowest BCUT2D eigenvalue weighted by atomic mass is 9.96. The van der Waals surface area contributed by atoms with Crippen LogP contribution in [0, 0.1) is 6.92 Å². The van der Waals surface area contributed by atoms with E-state index in [1.807, 2.05) is 31.2 Å². The van der Waals surface area contributed by atoms with Crippen molar-refractivity contribution in [1.82, 2.24) is 20.2 Å². The number of furan rings is 1. The Bertz CT molecular complexity index is 1220. The Morgan fingerprint density at radius 2 is 1.72 bits per heavy atom. The molecule has 0 bridgehead atoms. The first-order valence-electron chi connectivity index (χ1n) is 12.8. The lowest BCUT2D eigenvalue weighted by Gasteiger charge is -2.21. The summed E-state index contributed by atoms with van der Waals surface area (Å²) in [7, 11) is 0. The van der Waals surface area contributed by atoms with Gasteiger partial charge in [-0.05, 0) is 44.0 Å². The monoisotopic (exact) mass is 490 g/mol. The fourth-order valence-corrected chi connectivity index (χ4v) is 4.58. The van der Waals surface area contributed by atoms with E-state index >= 15 is 0 Å². The van der Waals surface area contributed by atoms with Crippen LogP contribution in [0.15, 0.2) is 58.1 Å². The molecule has 2 N–H and O–H groups in total. The summed E-state index contributed by atoms with van der Waals surface area (Å²) in [5.41, 5.74) is 0.237. The molecule has 0 aliphatic heterocycles. The predicted octanol–water partition coefficient (Wildman–Crippen LogP) is 4.16. The number of nitrogens with zero attached hydrogens (tertiary/aromatic N) is 2. The summed E-state index contributed by atoms with van der Waals surface area (Å²) in [6.45, 7) is 2.45. The molecule has 1 fully saturated rings. The summed E-state index contributed by atoms with van der Waals surface area (Å²) in [5, 5.41) is 5.80. The van der Waals surface area contributed by atoms with E-state index in [1.54, 1.807) is 23.0 Å². The molecule has 0 unspecified atom stereocenters. The summed E-state index contributed by atoms with van der Waals surface area (Å²) in [6, 6.07) is 9.31. The van der Waals surface area contributed by atoms with Gasteiger partial charge in [-0.25, -0.2) is 0 Å². The van der Waals surface area contributed by atoms with Crippen LogP contribution < -0.4 is 16.1 Å². The number of nitrogens with one attached hydrogen (secondary N) is 2. The van der Waals surface area contributed by atoms with Crippen LogP contribution >= 0.6 is 0 Å². The second-order valence-corrected chi connectivity index (χ2v) is 9.43. The van der Waals surface area contributed by atoms with Gasteiger partial charge in [0, 0.05) is 43.3 Å². The van der Waals surface area contributed by atoms with Crippen molar-refractivity contribution in [2.24, 2.45) is 0 Å². The number of aryl methyl sites for hydroxylation is 3. The third-order valence-corrected chi connectivity index (χ3v) is 6.58. The number of rotatable bonds is 8. The largest absolute Gasteiger partial charge is 0.465 e. The van der Waals surface area contributed by atoms with Crippen LogP contribution in [0.2, 0.25) is 0 Å². The zero-order valence-electron chi connectivity index (χ0n) is 20.8. The van der Waals surface area contributed by atoms with Crippen LogP contribution in [0.5, 0.6) is 0 Å². The molecule has 3 heterocycles. The molecule has 4 rings (SSSR count). The van der Waals surface area contributed by atoms with Crippen LogP contribution in [0.25, 0.3) is 0 Å². The molecule has 0 radical (unpaired) electrons. The van der Waals surface area contributed by atoms with E-state index in [2.05, 4.69) is 15.6 Å². The van der Waals surface area contributed by atoms with Crippen molar-refractivity contribution in [2.75, 3.05) is 0 Å².